The van der Waals surface area contributed by atoms with Gasteiger partial charge in [-0.1, -0.05) is 72.8 Å². The molecule has 0 fully saturated rings. The average Bonchev–Trinajstić information content (AvgIpc) is 2.75. The fourth-order valence-electron chi connectivity index (χ4n) is 3.37. The van der Waals surface area contributed by atoms with Crippen LogP contribution < -0.4 is 9.47 Å². The van der Waals surface area contributed by atoms with E-state index in [2.05, 4.69) is 36.4 Å². The highest BCUT2D eigenvalue weighted by molar-refractivity contribution is 5.86. The van der Waals surface area contributed by atoms with Crippen molar-refractivity contribution in [1.29, 1.82) is 0 Å². The van der Waals surface area contributed by atoms with E-state index in [0.29, 0.717) is 13.2 Å². The fourth-order valence-corrected chi connectivity index (χ4v) is 3.37. The first-order valence-electron chi connectivity index (χ1n) is 9.75. The molecule has 0 aliphatic heterocycles. The second-order valence-corrected chi connectivity index (χ2v) is 6.80. The van der Waals surface area contributed by atoms with Crippen LogP contribution in [0.4, 0.5) is 0 Å². The van der Waals surface area contributed by atoms with E-state index in [9.17, 15) is 0 Å². The molecule has 4 aromatic rings. The zero-order valence-electron chi connectivity index (χ0n) is 15.9. The van der Waals surface area contributed by atoms with Crippen molar-refractivity contribution in [1.82, 2.24) is 0 Å². The van der Waals surface area contributed by atoms with Crippen LogP contribution in [0.25, 0.3) is 10.8 Å². The number of rotatable bonds is 8. The molecule has 0 saturated carbocycles. The maximum Gasteiger partial charge on any atom is 0.119 e. The van der Waals surface area contributed by atoms with Gasteiger partial charge in [-0.2, -0.15) is 0 Å². The molecule has 0 bridgehead atoms. The topological polar surface area (TPSA) is 18.5 Å². The van der Waals surface area contributed by atoms with Crippen molar-refractivity contribution in [3.05, 3.63) is 108 Å². The van der Waals surface area contributed by atoms with Crippen LogP contribution in [-0.2, 0) is 12.8 Å². The van der Waals surface area contributed by atoms with Crippen LogP contribution in [0.5, 0.6) is 11.5 Å². The Morgan fingerprint density at radius 1 is 0.536 bits per heavy atom. The highest BCUT2D eigenvalue weighted by atomic mass is 16.5. The lowest BCUT2D eigenvalue weighted by Gasteiger charge is -2.10. The van der Waals surface area contributed by atoms with Crippen LogP contribution >= 0.6 is 0 Å². The summed E-state index contributed by atoms with van der Waals surface area (Å²) in [4.78, 5) is 0. The number of fused-ring (bicyclic) bond motifs is 1. The number of benzene rings is 4. The summed E-state index contributed by atoms with van der Waals surface area (Å²) in [5.41, 5.74) is 2.61. The standard InChI is InChI=1S/C26H24O2/c1-3-10-24(11-4-1)27-18-16-21-14-15-26-22(8-7-9-23(26)20-21)17-19-28-25-12-5-2-6-13-25/h1-15,20H,16-19H2. The monoisotopic (exact) mass is 368 g/mol. The summed E-state index contributed by atoms with van der Waals surface area (Å²) in [6.45, 7) is 1.36. The van der Waals surface area contributed by atoms with Crippen molar-refractivity contribution in [2.45, 2.75) is 12.8 Å². The van der Waals surface area contributed by atoms with Crippen LogP contribution in [0.15, 0.2) is 97.1 Å². The Bertz CT molecular complexity index is 1010. The van der Waals surface area contributed by atoms with E-state index in [1.807, 2.05) is 60.7 Å². The molecule has 0 unspecified atom stereocenters. The van der Waals surface area contributed by atoms with Gasteiger partial charge in [-0.15, -0.1) is 0 Å². The highest BCUT2D eigenvalue weighted by Gasteiger charge is 2.04. The summed E-state index contributed by atoms with van der Waals surface area (Å²) in [6, 6.07) is 33.1. The summed E-state index contributed by atoms with van der Waals surface area (Å²) in [6.07, 6.45) is 1.79. The Morgan fingerprint density at radius 2 is 1.18 bits per heavy atom. The summed E-state index contributed by atoms with van der Waals surface area (Å²) in [7, 11) is 0. The van der Waals surface area contributed by atoms with Crippen molar-refractivity contribution in [2.24, 2.45) is 0 Å². The molecule has 0 atom stereocenters. The van der Waals surface area contributed by atoms with Gasteiger partial charge in [-0.05, 0) is 46.2 Å². The second kappa shape index (κ2) is 9.09. The molecule has 0 saturated heterocycles. The Morgan fingerprint density at radius 3 is 1.86 bits per heavy atom. The quantitative estimate of drug-likeness (QED) is 0.375. The number of ether oxygens (including phenoxy) is 2. The van der Waals surface area contributed by atoms with Gasteiger partial charge < -0.3 is 9.47 Å². The molecule has 28 heavy (non-hydrogen) atoms. The van der Waals surface area contributed by atoms with Gasteiger partial charge in [-0.3, -0.25) is 0 Å². The van der Waals surface area contributed by atoms with Crippen molar-refractivity contribution >= 4 is 10.8 Å². The molecule has 2 nitrogen and oxygen atoms in total. The third kappa shape index (κ3) is 4.72. The van der Waals surface area contributed by atoms with E-state index in [0.717, 1.165) is 24.3 Å². The van der Waals surface area contributed by atoms with Crippen molar-refractivity contribution in [2.75, 3.05) is 13.2 Å². The van der Waals surface area contributed by atoms with E-state index in [1.54, 1.807) is 0 Å². The molecule has 2 heteroatoms. The first-order valence-corrected chi connectivity index (χ1v) is 9.75. The van der Waals surface area contributed by atoms with Gasteiger partial charge >= 0.3 is 0 Å². The fraction of sp³-hybridized carbons (Fsp3) is 0.154. The van der Waals surface area contributed by atoms with Crippen LogP contribution in [0, 0.1) is 0 Å². The first kappa shape index (κ1) is 18.1. The molecular formula is C26H24O2. The van der Waals surface area contributed by atoms with Gasteiger partial charge in [0.25, 0.3) is 0 Å². The van der Waals surface area contributed by atoms with E-state index >= 15 is 0 Å². The Labute approximate surface area is 166 Å². The minimum absolute atomic E-state index is 0.676. The lowest BCUT2D eigenvalue weighted by molar-refractivity contribution is 0.322. The Balaban J connectivity index is 1.38. The van der Waals surface area contributed by atoms with Gasteiger partial charge in [-0.25, -0.2) is 0 Å². The third-order valence-electron chi connectivity index (χ3n) is 4.82. The van der Waals surface area contributed by atoms with E-state index < -0.39 is 0 Å². The van der Waals surface area contributed by atoms with Gasteiger partial charge in [0.05, 0.1) is 13.2 Å². The predicted octanol–water partition coefficient (Wildman–Crippen LogP) is 6.08. The zero-order chi connectivity index (χ0) is 19.0. The van der Waals surface area contributed by atoms with Gasteiger partial charge in [0.15, 0.2) is 0 Å². The van der Waals surface area contributed by atoms with E-state index in [-0.39, 0.29) is 0 Å². The maximum absolute atomic E-state index is 5.86. The molecule has 4 rings (SSSR count). The normalized spacial score (nSPS) is 10.7. The summed E-state index contributed by atoms with van der Waals surface area (Å²) in [5, 5.41) is 2.57. The second-order valence-electron chi connectivity index (χ2n) is 6.80. The van der Waals surface area contributed by atoms with Crippen molar-refractivity contribution in [3.8, 4) is 11.5 Å². The Kier molecular flexibility index (Phi) is 5.89. The van der Waals surface area contributed by atoms with Crippen LogP contribution in [-0.4, -0.2) is 13.2 Å². The van der Waals surface area contributed by atoms with Crippen molar-refractivity contribution in [3.63, 3.8) is 0 Å². The van der Waals surface area contributed by atoms with E-state index in [1.165, 1.54) is 21.9 Å². The molecule has 0 amide bonds. The summed E-state index contributed by atoms with van der Waals surface area (Å²) >= 11 is 0. The molecular weight excluding hydrogens is 344 g/mol. The minimum atomic E-state index is 0.676. The van der Waals surface area contributed by atoms with Crippen LogP contribution in [0.3, 0.4) is 0 Å². The molecule has 0 aromatic heterocycles. The SMILES string of the molecule is c1ccc(OCCc2ccc3c(CCOc4ccccc4)cccc3c2)cc1. The Hall–Kier alpha value is -3.26. The molecule has 0 spiro atoms. The van der Waals surface area contributed by atoms with Gasteiger partial charge in [0.2, 0.25) is 0 Å². The molecule has 4 aromatic carbocycles. The third-order valence-corrected chi connectivity index (χ3v) is 4.82. The lowest BCUT2D eigenvalue weighted by Crippen LogP contribution is -2.03. The first-order chi connectivity index (χ1) is 13.9. The van der Waals surface area contributed by atoms with E-state index in [4.69, 9.17) is 9.47 Å². The largest absolute Gasteiger partial charge is 0.493 e. The van der Waals surface area contributed by atoms with Gasteiger partial charge in [0, 0.05) is 12.8 Å². The molecule has 0 radical (unpaired) electrons. The summed E-state index contributed by atoms with van der Waals surface area (Å²) < 4.78 is 11.7. The predicted molar refractivity (Wildman–Crippen MR) is 115 cm³/mol. The zero-order valence-corrected chi connectivity index (χ0v) is 15.9. The molecule has 140 valence electrons. The van der Waals surface area contributed by atoms with Crippen molar-refractivity contribution < 1.29 is 9.47 Å². The number of para-hydroxylation sites is 2. The number of hydrogen-bond donors (Lipinski definition) is 0. The van der Waals surface area contributed by atoms with Crippen LogP contribution in [0.2, 0.25) is 0 Å². The number of hydrogen-bond acceptors (Lipinski definition) is 2. The molecule has 0 aliphatic carbocycles. The summed E-state index contributed by atoms with van der Waals surface area (Å²) in [5.74, 6) is 1.84. The smallest absolute Gasteiger partial charge is 0.119 e. The highest BCUT2D eigenvalue weighted by Crippen LogP contribution is 2.22. The average molecular weight is 368 g/mol. The van der Waals surface area contributed by atoms with Crippen LogP contribution in [0.1, 0.15) is 11.1 Å². The van der Waals surface area contributed by atoms with Gasteiger partial charge in [0.1, 0.15) is 11.5 Å². The molecule has 0 heterocycles. The molecule has 0 N–H and O–H groups in total. The minimum Gasteiger partial charge on any atom is -0.493 e. The lowest BCUT2D eigenvalue weighted by atomic mass is 9.99. The molecule has 0 aliphatic rings. The maximum atomic E-state index is 5.86.